The number of hydrogen-bond donors (Lipinski definition) is 2. The molecule has 1 aromatic carbocycles. The highest BCUT2D eigenvalue weighted by atomic mass is 35.5. The van der Waals surface area contributed by atoms with Gasteiger partial charge in [-0.05, 0) is 69.6 Å². The summed E-state index contributed by atoms with van der Waals surface area (Å²) < 4.78 is 1.85. The highest BCUT2D eigenvalue weighted by Crippen LogP contribution is 2.35. The summed E-state index contributed by atoms with van der Waals surface area (Å²) in [6.07, 6.45) is 5.73. The minimum absolute atomic E-state index is 0.173. The Balaban J connectivity index is 1.83. The van der Waals surface area contributed by atoms with Gasteiger partial charge in [-0.1, -0.05) is 44.4 Å². The number of amides is 1. The largest absolute Gasteiger partial charge is 0.383 e. The van der Waals surface area contributed by atoms with Gasteiger partial charge >= 0.3 is 0 Å². The SMILES string of the molecule is CCc1cc(NC(C)C)ccc1-c1c(Cl)c(C(=O)NCC2CCC(C)CC2)nn1CC. The molecule has 1 heterocycles. The number of aromatic nitrogens is 2. The Kier molecular flexibility index (Phi) is 8.04. The van der Waals surface area contributed by atoms with Crippen molar-refractivity contribution in [3.05, 3.63) is 34.5 Å². The van der Waals surface area contributed by atoms with Crippen molar-refractivity contribution in [2.75, 3.05) is 11.9 Å². The van der Waals surface area contributed by atoms with Gasteiger partial charge in [0.1, 0.15) is 0 Å². The van der Waals surface area contributed by atoms with Crippen LogP contribution in [0.15, 0.2) is 18.2 Å². The lowest BCUT2D eigenvalue weighted by molar-refractivity contribution is 0.0936. The molecule has 0 aliphatic heterocycles. The Morgan fingerprint density at radius 2 is 1.94 bits per heavy atom. The topological polar surface area (TPSA) is 59.0 Å². The molecule has 0 atom stereocenters. The minimum atomic E-state index is -0.173. The van der Waals surface area contributed by atoms with Gasteiger partial charge in [-0.25, -0.2) is 0 Å². The van der Waals surface area contributed by atoms with Crippen LogP contribution >= 0.6 is 11.6 Å². The van der Waals surface area contributed by atoms with Gasteiger partial charge in [-0.2, -0.15) is 5.10 Å². The van der Waals surface area contributed by atoms with E-state index in [9.17, 15) is 4.79 Å². The second-order valence-electron chi connectivity index (χ2n) is 9.19. The van der Waals surface area contributed by atoms with Gasteiger partial charge in [0.25, 0.3) is 5.91 Å². The number of rotatable bonds is 8. The van der Waals surface area contributed by atoms with E-state index in [-0.39, 0.29) is 5.91 Å². The van der Waals surface area contributed by atoms with E-state index in [0.717, 1.165) is 29.3 Å². The second kappa shape index (κ2) is 10.5. The van der Waals surface area contributed by atoms with E-state index >= 15 is 0 Å². The highest BCUT2D eigenvalue weighted by Gasteiger charge is 2.25. The molecule has 2 N–H and O–H groups in total. The van der Waals surface area contributed by atoms with Crippen molar-refractivity contribution < 1.29 is 4.79 Å². The normalized spacial score (nSPS) is 18.9. The van der Waals surface area contributed by atoms with E-state index in [1.54, 1.807) is 0 Å². The summed E-state index contributed by atoms with van der Waals surface area (Å²) >= 11 is 6.77. The summed E-state index contributed by atoms with van der Waals surface area (Å²) in [7, 11) is 0. The zero-order valence-electron chi connectivity index (χ0n) is 19.6. The molecule has 31 heavy (non-hydrogen) atoms. The lowest BCUT2D eigenvalue weighted by Gasteiger charge is -2.26. The number of carbonyl (C=O) groups is 1. The molecule has 5 nitrogen and oxygen atoms in total. The summed E-state index contributed by atoms with van der Waals surface area (Å²) in [4.78, 5) is 12.9. The quantitative estimate of drug-likeness (QED) is 0.512. The highest BCUT2D eigenvalue weighted by molar-refractivity contribution is 6.36. The van der Waals surface area contributed by atoms with Crippen molar-refractivity contribution in [3.63, 3.8) is 0 Å². The first-order valence-electron chi connectivity index (χ1n) is 11.8. The molecule has 0 unspecified atom stereocenters. The molecule has 1 saturated carbocycles. The van der Waals surface area contributed by atoms with E-state index in [2.05, 4.69) is 61.6 Å². The van der Waals surface area contributed by atoms with E-state index < -0.39 is 0 Å². The van der Waals surface area contributed by atoms with Crippen LogP contribution in [0.3, 0.4) is 0 Å². The smallest absolute Gasteiger partial charge is 0.273 e. The number of halogens is 1. The minimum Gasteiger partial charge on any atom is -0.383 e. The van der Waals surface area contributed by atoms with E-state index in [1.807, 2.05) is 11.6 Å². The number of nitrogens with zero attached hydrogens (tertiary/aromatic N) is 2. The molecule has 1 aliphatic carbocycles. The number of benzene rings is 1. The summed E-state index contributed by atoms with van der Waals surface area (Å²) in [6, 6.07) is 6.69. The van der Waals surface area contributed by atoms with Crippen LogP contribution in [0.2, 0.25) is 5.02 Å². The molecule has 0 bridgehead atoms. The van der Waals surface area contributed by atoms with E-state index in [4.69, 9.17) is 11.6 Å². The fraction of sp³-hybridized carbons (Fsp3) is 0.600. The molecule has 1 aromatic heterocycles. The summed E-state index contributed by atoms with van der Waals surface area (Å²) in [6.45, 7) is 12.1. The molecule has 3 rings (SSSR count). The molecule has 1 amide bonds. The molecule has 1 fully saturated rings. The lowest BCUT2D eigenvalue weighted by atomic mass is 9.83. The summed E-state index contributed by atoms with van der Waals surface area (Å²) in [5.74, 6) is 1.19. The van der Waals surface area contributed by atoms with Crippen molar-refractivity contribution >= 4 is 23.2 Å². The zero-order chi connectivity index (χ0) is 22.5. The first-order valence-corrected chi connectivity index (χ1v) is 12.2. The molecule has 0 radical (unpaired) electrons. The number of anilines is 1. The number of carbonyl (C=O) groups excluding carboxylic acids is 1. The van der Waals surface area contributed by atoms with Crippen LogP contribution in [-0.2, 0) is 13.0 Å². The van der Waals surface area contributed by atoms with Gasteiger partial charge in [-0.15, -0.1) is 0 Å². The molecular weight excluding hydrogens is 408 g/mol. The Bertz CT molecular complexity index is 897. The first kappa shape index (κ1) is 23.6. The van der Waals surface area contributed by atoms with E-state index in [1.165, 1.54) is 31.2 Å². The average Bonchev–Trinajstić information content (AvgIpc) is 3.08. The molecule has 2 aromatic rings. The van der Waals surface area contributed by atoms with Gasteiger partial charge in [0.15, 0.2) is 5.69 Å². The van der Waals surface area contributed by atoms with Crippen LogP contribution in [0.1, 0.15) is 76.4 Å². The maximum Gasteiger partial charge on any atom is 0.273 e. The number of hydrogen-bond acceptors (Lipinski definition) is 3. The van der Waals surface area contributed by atoms with Gasteiger partial charge < -0.3 is 10.6 Å². The van der Waals surface area contributed by atoms with Crippen LogP contribution in [0.5, 0.6) is 0 Å². The number of nitrogens with one attached hydrogen (secondary N) is 2. The van der Waals surface area contributed by atoms with Gasteiger partial charge in [0.2, 0.25) is 0 Å². The van der Waals surface area contributed by atoms with Crippen LogP contribution < -0.4 is 10.6 Å². The van der Waals surface area contributed by atoms with Crippen molar-refractivity contribution in [2.24, 2.45) is 11.8 Å². The van der Waals surface area contributed by atoms with Crippen LogP contribution in [0.4, 0.5) is 5.69 Å². The Morgan fingerprint density at radius 1 is 1.23 bits per heavy atom. The van der Waals surface area contributed by atoms with Gasteiger partial charge in [0.05, 0.1) is 10.7 Å². The first-order chi connectivity index (χ1) is 14.8. The third-order valence-electron chi connectivity index (χ3n) is 6.29. The van der Waals surface area contributed by atoms with Crippen molar-refractivity contribution in [2.45, 2.75) is 79.3 Å². The zero-order valence-corrected chi connectivity index (χ0v) is 20.4. The van der Waals surface area contributed by atoms with Crippen LogP contribution in [-0.4, -0.2) is 28.3 Å². The van der Waals surface area contributed by atoms with E-state index in [0.29, 0.717) is 35.8 Å². The third kappa shape index (κ3) is 5.62. The maximum absolute atomic E-state index is 12.9. The fourth-order valence-electron chi connectivity index (χ4n) is 4.47. The van der Waals surface area contributed by atoms with Gasteiger partial charge in [-0.3, -0.25) is 9.48 Å². The third-order valence-corrected chi connectivity index (χ3v) is 6.65. The Hall–Kier alpha value is -2.01. The Morgan fingerprint density at radius 3 is 2.55 bits per heavy atom. The van der Waals surface area contributed by atoms with Gasteiger partial charge in [0, 0.05) is 30.4 Å². The molecule has 0 saturated heterocycles. The predicted octanol–water partition coefficient (Wildman–Crippen LogP) is 6.16. The monoisotopic (exact) mass is 444 g/mol. The summed E-state index contributed by atoms with van der Waals surface area (Å²) in [5.41, 5.74) is 4.47. The number of aryl methyl sites for hydroxylation is 2. The van der Waals surface area contributed by atoms with Crippen molar-refractivity contribution in [1.82, 2.24) is 15.1 Å². The lowest BCUT2D eigenvalue weighted by Crippen LogP contribution is -2.31. The van der Waals surface area contributed by atoms with Crippen molar-refractivity contribution in [3.8, 4) is 11.3 Å². The standard InChI is InChI=1S/C25H37ClN4O/c1-6-19-14-20(28-16(3)4)12-13-21(19)24-22(26)23(29-30(24)7-2)25(31)27-15-18-10-8-17(5)9-11-18/h12-14,16-18,28H,6-11,15H2,1-5H3,(H,27,31). The summed E-state index contributed by atoms with van der Waals surface area (Å²) in [5, 5.41) is 11.6. The van der Waals surface area contributed by atoms with Crippen LogP contribution in [0, 0.1) is 11.8 Å². The van der Waals surface area contributed by atoms with Crippen LogP contribution in [0.25, 0.3) is 11.3 Å². The van der Waals surface area contributed by atoms with Crippen molar-refractivity contribution in [1.29, 1.82) is 0 Å². The fourth-order valence-corrected chi connectivity index (χ4v) is 4.79. The molecule has 6 heteroatoms. The molecule has 0 spiro atoms. The predicted molar refractivity (Wildman–Crippen MR) is 130 cm³/mol. The molecule has 170 valence electrons. The molecular formula is C25H37ClN4O. The molecule has 1 aliphatic rings. The second-order valence-corrected chi connectivity index (χ2v) is 9.57. The maximum atomic E-state index is 12.9. The average molecular weight is 445 g/mol. The Labute approximate surface area is 191 Å².